The summed E-state index contributed by atoms with van der Waals surface area (Å²) in [7, 11) is 0. The molecular formula is C19H21FN2O2. The molecule has 0 bridgehead atoms. The molecule has 1 fully saturated rings. The van der Waals surface area contributed by atoms with E-state index in [-0.39, 0.29) is 11.9 Å². The molecule has 1 aliphatic rings. The van der Waals surface area contributed by atoms with Crippen LogP contribution >= 0.6 is 0 Å². The molecule has 0 radical (unpaired) electrons. The molecule has 4 nitrogen and oxygen atoms in total. The summed E-state index contributed by atoms with van der Waals surface area (Å²) in [6.45, 7) is 3.60. The first-order valence-electron chi connectivity index (χ1n) is 8.20. The fourth-order valence-corrected chi connectivity index (χ4v) is 2.79. The largest absolute Gasteiger partial charge is 0.415 e. The van der Waals surface area contributed by atoms with E-state index >= 15 is 0 Å². The lowest BCUT2D eigenvalue weighted by Gasteiger charge is -2.34. The van der Waals surface area contributed by atoms with Crippen molar-refractivity contribution in [2.75, 3.05) is 32.7 Å². The first kappa shape index (κ1) is 16.5. The zero-order chi connectivity index (χ0) is 16.8. The van der Waals surface area contributed by atoms with Crippen LogP contribution in [0.1, 0.15) is 5.56 Å². The van der Waals surface area contributed by atoms with Crippen LogP contribution < -0.4 is 4.74 Å². The molecule has 3 rings (SSSR count). The Hall–Kier alpha value is -2.40. The summed E-state index contributed by atoms with van der Waals surface area (Å²) < 4.78 is 19.0. The molecule has 126 valence electrons. The minimum absolute atomic E-state index is 0.150. The van der Waals surface area contributed by atoms with E-state index in [4.69, 9.17) is 4.74 Å². The predicted molar refractivity (Wildman–Crippen MR) is 90.6 cm³/mol. The van der Waals surface area contributed by atoms with E-state index in [1.165, 1.54) is 6.07 Å². The van der Waals surface area contributed by atoms with Crippen molar-refractivity contribution in [3.05, 3.63) is 66.0 Å². The number of rotatable bonds is 4. The van der Waals surface area contributed by atoms with Crippen LogP contribution in [0.25, 0.3) is 0 Å². The maximum Gasteiger partial charge on any atom is 0.415 e. The number of ether oxygens (including phenoxy) is 1. The number of hydrogen-bond donors (Lipinski definition) is 0. The zero-order valence-corrected chi connectivity index (χ0v) is 13.5. The van der Waals surface area contributed by atoms with Gasteiger partial charge in [-0.3, -0.25) is 4.90 Å². The van der Waals surface area contributed by atoms with Gasteiger partial charge < -0.3 is 9.64 Å². The van der Waals surface area contributed by atoms with Gasteiger partial charge >= 0.3 is 6.09 Å². The summed E-state index contributed by atoms with van der Waals surface area (Å²) in [4.78, 5) is 16.1. The lowest BCUT2D eigenvalue weighted by atomic mass is 10.1. The van der Waals surface area contributed by atoms with Gasteiger partial charge in [0.15, 0.2) is 0 Å². The van der Waals surface area contributed by atoms with E-state index in [1.807, 2.05) is 30.3 Å². The third-order valence-electron chi connectivity index (χ3n) is 4.23. The van der Waals surface area contributed by atoms with Gasteiger partial charge in [-0.05, 0) is 30.2 Å². The van der Waals surface area contributed by atoms with Crippen molar-refractivity contribution in [1.82, 2.24) is 9.80 Å². The third kappa shape index (κ3) is 4.32. The van der Waals surface area contributed by atoms with Gasteiger partial charge in [0.2, 0.25) is 0 Å². The second-order valence-electron chi connectivity index (χ2n) is 5.85. The highest BCUT2D eigenvalue weighted by Gasteiger charge is 2.22. The Labute approximate surface area is 141 Å². The number of para-hydroxylation sites is 1. The molecule has 0 spiro atoms. The number of halogens is 1. The van der Waals surface area contributed by atoms with E-state index in [2.05, 4.69) is 4.90 Å². The van der Waals surface area contributed by atoms with Crippen molar-refractivity contribution in [1.29, 1.82) is 0 Å². The van der Waals surface area contributed by atoms with E-state index < -0.39 is 0 Å². The molecule has 0 unspecified atom stereocenters. The SMILES string of the molecule is O=C(Oc1ccccc1)N1CCN(CCc2ccccc2F)CC1. The van der Waals surface area contributed by atoms with Crippen molar-refractivity contribution < 1.29 is 13.9 Å². The topological polar surface area (TPSA) is 32.8 Å². The Morgan fingerprint density at radius 2 is 1.62 bits per heavy atom. The minimum atomic E-state index is -0.310. The van der Waals surface area contributed by atoms with E-state index in [1.54, 1.807) is 23.1 Å². The molecule has 2 aromatic rings. The number of carbonyl (C=O) groups excluding carboxylic acids is 1. The smallest absolute Gasteiger partial charge is 0.410 e. The van der Waals surface area contributed by atoms with Crippen molar-refractivity contribution in [2.45, 2.75) is 6.42 Å². The second kappa shape index (κ2) is 7.93. The van der Waals surface area contributed by atoms with Crippen molar-refractivity contribution in [3.63, 3.8) is 0 Å². The Balaban J connectivity index is 1.44. The minimum Gasteiger partial charge on any atom is -0.410 e. The molecule has 1 saturated heterocycles. The van der Waals surface area contributed by atoms with E-state index in [9.17, 15) is 9.18 Å². The number of hydrogen-bond acceptors (Lipinski definition) is 3. The molecule has 5 heteroatoms. The van der Waals surface area contributed by atoms with Gasteiger partial charge in [0.25, 0.3) is 0 Å². The third-order valence-corrected chi connectivity index (χ3v) is 4.23. The normalized spacial score (nSPS) is 15.3. The highest BCUT2D eigenvalue weighted by atomic mass is 19.1. The molecule has 1 heterocycles. The number of nitrogens with zero attached hydrogens (tertiary/aromatic N) is 2. The fourth-order valence-electron chi connectivity index (χ4n) is 2.79. The quantitative estimate of drug-likeness (QED) is 0.864. The molecule has 0 aromatic heterocycles. The van der Waals surface area contributed by atoms with Gasteiger partial charge in [-0.15, -0.1) is 0 Å². The molecule has 1 amide bonds. The number of piperazine rings is 1. The summed E-state index contributed by atoms with van der Waals surface area (Å²) in [6.07, 6.45) is 0.371. The average Bonchev–Trinajstić information content (AvgIpc) is 2.62. The van der Waals surface area contributed by atoms with Crippen molar-refractivity contribution in [3.8, 4) is 5.75 Å². The van der Waals surface area contributed by atoms with Crippen LogP contribution in [0.2, 0.25) is 0 Å². The van der Waals surface area contributed by atoms with Crippen LogP contribution in [0.5, 0.6) is 5.75 Å². The molecule has 0 saturated carbocycles. The van der Waals surface area contributed by atoms with Crippen molar-refractivity contribution >= 4 is 6.09 Å². The Morgan fingerprint density at radius 1 is 0.958 bits per heavy atom. The average molecular weight is 328 g/mol. The first-order valence-corrected chi connectivity index (χ1v) is 8.20. The zero-order valence-electron chi connectivity index (χ0n) is 13.5. The number of amides is 1. The van der Waals surface area contributed by atoms with Crippen LogP contribution in [0.15, 0.2) is 54.6 Å². The second-order valence-corrected chi connectivity index (χ2v) is 5.85. The van der Waals surface area contributed by atoms with Crippen LogP contribution in [-0.4, -0.2) is 48.6 Å². The standard InChI is InChI=1S/C19H21FN2O2/c20-18-9-5-4-6-16(18)10-11-21-12-14-22(15-13-21)19(23)24-17-7-2-1-3-8-17/h1-9H,10-15H2. The highest BCUT2D eigenvalue weighted by molar-refractivity contribution is 5.70. The molecule has 0 atom stereocenters. The molecular weight excluding hydrogens is 307 g/mol. The van der Waals surface area contributed by atoms with Crippen LogP contribution in [0.4, 0.5) is 9.18 Å². The lowest BCUT2D eigenvalue weighted by Crippen LogP contribution is -2.49. The van der Waals surface area contributed by atoms with Gasteiger partial charge in [0.1, 0.15) is 11.6 Å². The molecule has 1 aliphatic heterocycles. The molecule has 2 aromatic carbocycles. The monoisotopic (exact) mass is 328 g/mol. The van der Waals surface area contributed by atoms with E-state index in [0.29, 0.717) is 25.3 Å². The van der Waals surface area contributed by atoms with Crippen molar-refractivity contribution in [2.24, 2.45) is 0 Å². The van der Waals surface area contributed by atoms with Gasteiger partial charge in [-0.1, -0.05) is 36.4 Å². The Bertz CT molecular complexity index is 670. The number of benzene rings is 2. The summed E-state index contributed by atoms with van der Waals surface area (Å²) in [5, 5.41) is 0. The lowest BCUT2D eigenvalue weighted by molar-refractivity contribution is 0.111. The summed E-state index contributed by atoms with van der Waals surface area (Å²) in [6, 6.07) is 16.0. The molecule has 0 N–H and O–H groups in total. The number of carbonyl (C=O) groups is 1. The van der Waals surface area contributed by atoms with E-state index in [0.717, 1.165) is 25.2 Å². The Kier molecular flexibility index (Phi) is 5.43. The summed E-state index contributed by atoms with van der Waals surface area (Å²) in [5.41, 5.74) is 0.739. The Morgan fingerprint density at radius 3 is 2.33 bits per heavy atom. The van der Waals surface area contributed by atoms with Gasteiger partial charge in [-0.25, -0.2) is 9.18 Å². The maximum atomic E-state index is 13.6. The first-order chi connectivity index (χ1) is 11.7. The summed E-state index contributed by atoms with van der Waals surface area (Å²) in [5.74, 6) is 0.409. The maximum absolute atomic E-state index is 13.6. The van der Waals surface area contributed by atoms with Crippen LogP contribution in [0, 0.1) is 5.82 Å². The molecule has 0 aliphatic carbocycles. The summed E-state index contributed by atoms with van der Waals surface area (Å²) >= 11 is 0. The highest BCUT2D eigenvalue weighted by Crippen LogP contribution is 2.13. The fraction of sp³-hybridized carbons (Fsp3) is 0.316. The van der Waals surface area contributed by atoms with Gasteiger partial charge in [0, 0.05) is 32.7 Å². The predicted octanol–water partition coefficient (Wildman–Crippen LogP) is 3.18. The molecule has 24 heavy (non-hydrogen) atoms. The van der Waals surface area contributed by atoms with Crippen LogP contribution in [0.3, 0.4) is 0 Å². The van der Waals surface area contributed by atoms with Crippen LogP contribution in [-0.2, 0) is 6.42 Å². The van der Waals surface area contributed by atoms with Gasteiger partial charge in [-0.2, -0.15) is 0 Å². The van der Waals surface area contributed by atoms with Gasteiger partial charge in [0.05, 0.1) is 0 Å².